The van der Waals surface area contributed by atoms with Crippen molar-refractivity contribution in [3.05, 3.63) is 36.0 Å². The molecule has 2 aliphatic rings. The summed E-state index contributed by atoms with van der Waals surface area (Å²) in [5.41, 5.74) is 1.20. The molecule has 4 rings (SSSR count). The number of ether oxygens (including phenoxy) is 1. The zero-order chi connectivity index (χ0) is 22.4. The Morgan fingerprint density at radius 1 is 1.39 bits per heavy atom. The van der Waals surface area contributed by atoms with Crippen LogP contribution in [-0.4, -0.2) is 67.7 Å². The van der Waals surface area contributed by atoms with E-state index in [9.17, 15) is 13.2 Å². The molecule has 1 saturated heterocycles. The number of carbonyl (C=O) groups is 1. The Balaban J connectivity index is 0.000000339. The van der Waals surface area contributed by atoms with Gasteiger partial charge in [-0.25, -0.2) is 14.8 Å². The number of anilines is 1. The maximum Gasteiger partial charge on any atom is 0.490 e. The number of alkyl halides is 3. The van der Waals surface area contributed by atoms with Crippen molar-refractivity contribution in [3.63, 3.8) is 0 Å². The third kappa shape index (κ3) is 6.62. The van der Waals surface area contributed by atoms with Gasteiger partial charge in [-0.1, -0.05) is 0 Å². The molecule has 31 heavy (non-hydrogen) atoms. The molecule has 0 radical (unpaired) electrons. The normalized spacial score (nSPS) is 19.8. The minimum absolute atomic E-state index is 0.0853. The number of nitrogens with zero attached hydrogens (tertiary/aromatic N) is 5. The van der Waals surface area contributed by atoms with Crippen molar-refractivity contribution in [2.45, 2.75) is 44.1 Å². The molecule has 1 saturated carbocycles. The number of rotatable bonds is 5. The molecule has 12 heteroatoms. The molecule has 2 aromatic rings. The van der Waals surface area contributed by atoms with Gasteiger partial charge in [-0.2, -0.15) is 18.3 Å². The molecule has 1 atom stereocenters. The van der Waals surface area contributed by atoms with Crippen LogP contribution in [0.5, 0.6) is 0 Å². The number of halogens is 3. The summed E-state index contributed by atoms with van der Waals surface area (Å²) >= 11 is 0. The van der Waals surface area contributed by atoms with Gasteiger partial charge in [-0.15, -0.1) is 0 Å². The largest absolute Gasteiger partial charge is 0.490 e. The van der Waals surface area contributed by atoms with Gasteiger partial charge in [0.15, 0.2) is 0 Å². The van der Waals surface area contributed by atoms with Crippen molar-refractivity contribution in [2.75, 3.05) is 25.1 Å². The molecule has 9 nitrogen and oxygen atoms in total. The predicted octanol–water partition coefficient (Wildman–Crippen LogP) is 2.38. The van der Waals surface area contributed by atoms with Crippen molar-refractivity contribution < 1.29 is 27.8 Å². The number of hydrogen-bond donors (Lipinski definition) is 2. The Kier molecular flexibility index (Phi) is 7.44. The quantitative estimate of drug-likeness (QED) is 0.727. The molecule has 0 bridgehead atoms. The molecule has 1 aliphatic heterocycles. The van der Waals surface area contributed by atoms with E-state index in [0.717, 1.165) is 31.3 Å². The van der Waals surface area contributed by atoms with Crippen LogP contribution < -0.4 is 5.32 Å². The van der Waals surface area contributed by atoms with E-state index in [1.165, 1.54) is 24.8 Å². The number of carboxylic acids is 1. The van der Waals surface area contributed by atoms with Crippen LogP contribution in [0.3, 0.4) is 0 Å². The molecule has 2 aromatic heterocycles. The van der Waals surface area contributed by atoms with Gasteiger partial charge in [0.2, 0.25) is 0 Å². The van der Waals surface area contributed by atoms with Gasteiger partial charge >= 0.3 is 12.1 Å². The monoisotopic (exact) mass is 442 g/mol. The highest BCUT2D eigenvalue weighted by molar-refractivity contribution is 5.73. The van der Waals surface area contributed by atoms with E-state index in [4.69, 9.17) is 19.6 Å². The summed E-state index contributed by atoms with van der Waals surface area (Å²) in [6.07, 6.45) is 4.52. The Labute approximate surface area is 177 Å². The number of carboxylic acid groups (broad SMARTS) is 1. The van der Waals surface area contributed by atoms with E-state index in [1.807, 2.05) is 30.2 Å². The lowest BCUT2D eigenvalue weighted by Crippen LogP contribution is -2.40. The third-order valence-electron chi connectivity index (χ3n) is 5.06. The first-order chi connectivity index (χ1) is 14.7. The highest BCUT2D eigenvalue weighted by Gasteiger charge is 2.38. The number of aryl methyl sites for hydroxylation is 1. The second-order valence-corrected chi connectivity index (χ2v) is 7.46. The fourth-order valence-electron chi connectivity index (χ4n) is 3.23. The lowest BCUT2D eigenvalue weighted by Gasteiger charge is -2.34. The van der Waals surface area contributed by atoms with Crippen molar-refractivity contribution in [1.29, 1.82) is 0 Å². The second kappa shape index (κ2) is 10.1. The van der Waals surface area contributed by atoms with Crippen molar-refractivity contribution in [3.8, 4) is 0 Å². The standard InChI is InChI=1S/C17H24N6O.C2HF3O2/c1-22-10-13(9-19-22)11-23-7-8-24-12-15(23)17-18-6-5-16(21-17)20-14-3-2-4-14;3-2(4,5)1(6)7/h5-6,9-10,14-15H,2-4,7-8,11-12H2,1H3,(H,18,20,21);(H,6,7). The van der Waals surface area contributed by atoms with E-state index in [-0.39, 0.29) is 6.04 Å². The fraction of sp³-hybridized carbons (Fsp3) is 0.579. The number of aliphatic carboxylic acids is 1. The zero-order valence-electron chi connectivity index (χ0n) is 17.0. The van der Waals surface area contributed by atoms with E-state index in [1.54, 1.807) is 0 Å². The summed E-state index contributed by atoms with van der Waals surface area (Å²) in [6.45, 7) is 3.10. The molecule has 0 aromatic carbocycles. The van der Waals surface area contributed by atoms with E-state index >= 15 is 0 Å². The van der Waals surface area contributed by atoms with Crippen LogP contribution in [-0.2, 0) is 23.1 Å². The molecule has 0 spiro atoms. The Bertz CT molecular complexity index is 872. The molecule has 3 heterocycles. The van der Waals surface area contributed by atoms with Gasteiger partial charge in [-0.3, -0.25) is 9.58 Å². The van der Waals surface area contributed by atoms with Crippen LogP contribution in [0.2, 0.25) is 0 Å². The third-order valence-corrected chi connectivity index (χ3v) is 5.06. The Morgan fingerprint density at radius 3 is 2.71 bits per heavy atom. The van der Waals surface area contributed by atoms with Crippen LogP contribution in [0.4, 0.5) is 19.0 Å². The van der Waals surface area contributed by atoms with Gasteiger partial charge in [0, 0.05) is 44.1 Å². The number of hydrogen-bond acceptors (Lipinski definition) is 7. The van der Waals surface area contributed by atoms with E-state index in [0.29, 0.717) is 12.6 Å². The van der Waals surface area contributed by atoms with Crippen molar-refractivity contribution >= 4 is 11.8 Å². The lowest BCUT2D eigenvalue weighted by molar-refractivity contribution is -0.192. The maximum absolute atomic E-state index is 10.6. The van der Waals surface area contributed by atoms with Gasteiger partial charge in [0.1, 0.15) is 11.6 Å². The molecular weight excluding hydrogens is 417 g/mol. The fourth-order valence-corrected chi connectivity index (χ4v) is 3.23. The van der Waals surface area contributed by atoms with E-state index < -0.39 is 12.1 Å². The average Bonchev–Trinajstić information content (AvgIpc) is 3.10. The molecule has 2 N–H and O–H groups in total. The summed E-state index contributed by atoms with van der Waals surface area (Å²) < 4.78 is 39.3. The van der Waals surface area contributed by atoms with Gasteiger partial charge in [0.25, 0.3) is 0 Å². The molecular formula is C19H25F3N6O3. The predicted molar refractivity (Wildman–Crippen MR) is 104 cm³/mol. The molecule has 2 fully saturated rings. The molecule has 170 valence electrons. The average molecular weight is 442 g/mol. The molecule has 0 amide bonds. The lowest BCUT2D eigenvalue weighted by atomic mass is 9.93. The Hall–Kier alpha value is -2.73. The number of morpholine rings is 1. The first kappa shape index (κ1) is 22.9. The van der Waals surface area contributed by atoms with Crippen LogP contribution in [0.1, 0.15) is 36.7 Å². The SMILES string of the molecule is Cn1cc(CN2CCOCC2c2nccc(NC3CCC3)n2)cn1.O=C(O)C(F)(F)F. The topological polar surface area (TPSA) is 105 Å². The van der Waals surface area contributed by atoms with Crippen LogP contribution >= 0.6 is 0 Å². The smallest absolute Gasteiger partial charge is 0.475 e. The van der Waals surface area contributed by atoms with Crippen LogP contribution in [0, 0.1) is 0 Å². The summed E-state index contributed by atoms with van der Waals surface area (Å²) in [4.78, 5) is 20.5. The minimum Gasteiger partial charge on any atom is -0.475 e. The summed E-state index contributed by atoms with van der Waals surface area (Å²) in [5.74, 6) is -0.994. The van der Waals surface area contributed by atoms with Crippen molar-refractivity contribution in [1.82, 2.24) is 24.6 Å². The number of nitrogens with one attached hydrogen (secondary N) is 1. The zero-order valence-corrected chi connectivity index (χ0v) is 17.0. The van der Waals surface area contributed by atoms with Gasteiger partial charge in [0.05, 0.1) is 25.5 Å². The summed E-state index contributed by atoms with van der Waals surface area (Å²) in [7, 11) is 1.94. The maximum atomic E-state index is 10.6. The van der Waals surface area contributed by atoms with Crippen LogP contribution in [0.25, 0.3) is 0 Å². The first-order valence-corrected chi connectivity index (χ1v) is 9.91. The van der Waals surface area contributed by atoms with Gasteiger partial charge in [-0.05, 0) is 25.3 Å². The van der Waals surface area contributed by atoms with Crippen LogP contribution in [0.15, 0.2) is 24.7 Å². The summed E-state index contributed by atoms with van der Waals surface area (Å²) in [6, 6.07) is 2.61. The van der Waals surface area contributed by atoms with E-state index in [2.05, 4.69) is 26.5 Å². The second-order valence-electron chi connectivity index (χ2n) is 7.46. The highest BCUT2D eigenvalue weighted by atomic mass is 19.4. The number of aromatic nitrogens is 4. The Morgan fingerprint density at radius 2 is 2.13 bits per heavy atom. The molecule has 1 unspecified atom stereocenters. The van der Waals surface area contributed by atoms with Crippen molar-refractivity contribution in [2.24, 2.45) is 7.05 Å². The minimum atomic E-state index is -5.08. The summed E-state index contributed by atoms with van der Waals surface area (Å²) in [5, 5.41) is 14.9. The van der Waals surface area contributed by atoms with Gasteiger partial charge < -0.3 is 15.2 Å². The molecule has 1 aliphatic carbocycles. The first-order valence-electron chi connectivity index (χ1n) is 9.91. The highest BCUT2D eigenvalue weighted by Crippen LogP contribution is 2.26.